The Hall–Kier alpha value is -2.94. The number of hydrogen-bond acceptors (Lipinski definition) is 3. The molecular weight excluding hydrogens is 308 g/mol. The van der Waals surface area contributed by atoms with Gasteiger partial charge in [-0.2, -0.15) is 0 Å². The van der Waals surface area contributed by atoms with E-state index in [1.54, 1.807) is 0 Å². The molecule has 0 radical (unpaired) electrons. The first-order chi connectivity index (χ1) is 12.2. The third-order valence-corrected chi connectivity index (χ3v) is 5.33. The lowest BCUT2D eigenvalue weighted by Crippen LogP contribution is -2.19. The number of pyridine rings is 1. The number of carbonyl (C=O) groups excluding carboxylic acids is 1. The molecule has 122 valence electrons. The van der Waals surface area contributed by atoms with Gasteiger partial charge in [0.25, 0.3) is 0 Å². The molecule has 2 heterocycles. The molecular formula is C22H18N2O. The molecule has 2 aromatic carbocycles. The van der Waals surface area contributed by atoms with Crippen LogP contribution < -0.4 is 5.32 Å². The van der Waals surface area contributed by atoms with E-state index in [2.05, 4.69) is 59.7 Å². The molecule has 1 aromatic heterocycles. The number of hydrogen-bond donors (Lipinski definition) is 1. The highest BCUT2D eigenvalue weighted by Gasteiger charge is 2.37. The van der Waals surface area contributed by atoms with Crippen molar-refractivity contribution in [3.63, 3.8) is 0 Å². The van der Waals surface area contributed by atoms with Crippen LogP contribution >= 0.6 is 0 Å². The summed E-state index contributed by atoms with van der Waals surface area (Å²) >= 11 is 0. The Morgan fingerprint density at radius 1 is 1.04 bits per heavy atom. The fourth-order valence-electron chi connectivity index (χ4n) is 4.10. The number of nitrogens with zero attached hydrogens (tertiary/aromatic N) is 1. The van der Waals surface area contributed by atoms with Gasteiger partial charge < -0.3 is 5.32 Å². The summed E-state index contributed by atoms with van der Waals surface area (Å²) in [7, 11) is 0. The van der Waals surface area contributed by atoms with Crippen LogP contribution in [0.5, 0.6) is 0 Å². The molecule has 3 heteroatoms. The number of aromatic nitrogens is 1. The van der Waals surface area contributed by atoms with E-state index in [1.165, 1.54) is 16.7 Å². The number of nitrogens with one attached hydrogen (secondary N) is 1. The zero-order valence-electron chi connectivity index (χ0n) is 14.0. The van der Waals surface area contributed by atoms with Gasteiger partial charge in [-0.3, -0.25) is 9.78 Å². The van der Waals surface area contributed by atoms with Crippen molar-refractivity contribution in [2.75, 3.05) is 5.32 Å². The van der Waals surface area contributed by atoms with E-state index >= 15 is 0 Å². The van der Waals surface area contributed by atoms with Gasteiger partial charge in [-0.1, -0.05) is 35.9 Å². The molecule has 1 N–H and O–H groups in total. The van der Waals surface area contributed by atoms with Crippen molar-refractivity contribution in [1.82, 2.24) is 4.98 Å². The second-order valence-electron chi connectivity index (χ2n) is 6.88. The van der Waals surface area contributed by atoms with Gasteiger partial charge in [0.1, 0.15) is 0 Å². The smallest absolute Gasteiger partial charge is 0.161 e. The molecule has 0 fully saturated rings. The van der Waals surface area contributed by atoms with Crippen LogP contribution in [0.15, 0.2) is 66.0 Å². The molecule has 1 unspecified atom stereocenters. The number of benzene rings is 2. The first-order valence-corrected chi connectivity index (χ1v) is 8.70. The molecule has 3 aromatic rings. The highest BCUT2D eigenvalue weighted by molar-refractivity contribution is 6.05. The van der Waals surface area contributed by atoms with E-state index in [0.29, 0.717) is 6.42 Å². The third kappa shape index (κ3) is 2.12. The lowest BCUT2D eigenvalue weighted by molar-refractivity contribution is -0.115. The maximum absolute atomic E-state index is 12.6. The van der Waals surface area contributed by atoms with Gasteiger partial charge in [-0.05, 0) is 42.7 Å². The SMILES string of the molecule is Cc1ccc(C2C3=C(CCC3=O)Nc3c2ccc2ncccc32)cc1. The highest BCUT2D eigenvalue weighted by atomic mass is 16.1. The van der Waals surface area contributed by atoms with Crippen molar-refractivity contribution >= 4 is 22.4 Å². The Labute approximate surface area is 146 Å². The molecule has 25 heavy (non-hydrogen) atoms. The molecule has 2 aliphatic rings. The van der Waals surface area contributed by atoms with Crippen LogP contribution in [-0.2, 0) is 4.79 Å². The van der Waals surface area contributed by atoms with Crippen LogP contribution in [-0.4, -0.2) is 10.8 Å². The number of Topliss-reactive ketones (excluding diaryl/α,β-unsaturated/α-hetero) is 1. The summed E-state index contributed by atoms with van der Waals surface area (Å²) in [6.07, 6.45) is 3.22. The molecule has 1 aliphatic heterocycles. The van der Waals surface area contributed by atoms with E-state index in [0.717, 1.165) is 34.3 Å². The summed E-state index contributed by atoms with van der Waals surface area (Å²) in [6.45, 7) is 2.09. The summed E-state index contributed by atoms with van der Waals surface area (Å²) in [5.74, 6) is 0.275. The maximum Gasteiger partial charge on any atom is 0.161 e. The number of aryl methyl sites for hydroxylation is 1. The van der Waals surface area contributed by atoms with Crippen molar-refractivity contribution in [3.8, 4) is 0 Å². The van der Waals surface area contributed by atoms with Gasteiger partial charge in [0.15, 0.2) is 5.78 Å². The zero-order valence-corrected chi connectivity index (χ0v) is 14.0. The molecule has 5 rings (SSSR count). The fraction of sp³-hybridized carbons (Fsp3) is 0.182. The predicted octanol–water partition coefficient (Wildman–Crippen LogP) is 4.72. The average molecular weight is 326 g/mol. The van der Waals surface area contributed by atoms with Crippen LogP contribution in [0.1, 0.15) is 35.4 Å². The topological polar surface area (TPSA) is 42.0 Å². The Bertz CT molecular complexity index is 1050. The van der Waals surface area contributed by atoms with Crippen LogP contribution in [0.3, 0.4) is 0 Å². The summed E-state index contributed by atoms with van der Waals surface area (Å²) in [5, 5.41) is 4.68. The third-order valence-electron chi connectivity index (χ3n) is 5.33. The van der Waals surface area contributed by atoms with Gasteiger partial charge >= 0.3 is 0 Å². The van der Waals surface area contributed by atoms with Crippen LogP contribution in [0.2, 0.25) is 0 Å². The number of rotatable bonds is 1. The number of fused-ring (bicyclic) bond motifs is 3. The Balaban J connectivity index is 1.79. The second-order valence-corrected chi connectivity index (χ2v) is 6.88. The molecule has 3 nitrogen and oxygen atoms in total. The van der Waals surface area contributed by atoms with Crippen LogP contribution in [0, 0.1) is 6.92 Å². The molecule has 0 amide bonds. The average Bonchev–Trinajstić information content (AvgIpc) is 3.01. The quantitative estimate of drug-likeness (QED) is 0.704. The minimum Gasteiger partial charge on any atom is -0.358 e. The van der Waals surface area contributed by atoms with Crippen molar-refractivity contribution in [2.24, 2.45) is 0 Å². The first kappa shape index (κ1) is 14.4. The van der Waals surface area contributed by atoms with Gasteiger partial charge in [0.2, 0.25) is 0 Å². The van der Waals surface area contributed by atoms with E-state index in [1.807, 2.05) is 12.3 Å². The van der Waals surface area contributed by atoms with Gasteiger partial charge in [0, 0.05) is 35.2 Å². The van der Waals surface area contributed by atoms with Crippen LogP contribution in [0.25, 0.3) is 10.9 Å². The molecule has 0 bridgehead atoms. The predicted molar refractivity (Wildman–Crippen MR) is 99.7 cm³/mol. The van der Waals surface area contributed by atoms with E-state index < -0.39 is 0 Å². The Kier molecular flexibility index (Phi) is 3.04. The number of ketones is 1. The van der Waals surface area contributed by atoms with Crippen molar-refractivity contribution in [3.05, 3.63) is 82.7 Å². The Morgan fingerprint density at radius 3 is 2.72 bits per heavy atom. The summed E-state index contributed by atoms with van der Waals surface area (Å²) < 4.78 is 0. The van der Waals surface area contributed by atoms with Crippen molar-refractivity contribution in [1.29, 1.82) is 0 Å². The minimum atomic E-state index is 0.00598. The van der Waals surface area contributed by atoms with Crippen molar-refractivity contribution in [2.45, 2.75) is 25.7 Å². The monoisotopic (exact) mass is 326 g/mol. The lowest BCUT2D eigenvalue weighted by Gasteiger charge is -2.29. The number of allylic oxidation sites excluding steroid dienone is 2. The summed E-state index contributed by atoms with van der Waals surface area (Å²) in [4.78, 5) is 17.1. The largest absolute Gasteiger partial charge is 0.358 e. The number of carbonyl (C=O) groups is 1. The molecule has 1 atom stereocenters. The van der Waals surface area contributed by atoms with E-state index in [4.69, 9.17) is 0 Å². The fourth-order valence-corrected chi connectivity index (χ4v) is 4.10. The Morgan fingerprint density at radius 2 is 1.88 bits per heavy atom. The van der Waals surface area contributed by atoms with E-state index in [-0.39, 0.29) is 11.7 Å². The number of anilines is 1. The van der Waals surface area contributed by atoms with Crippen LogP contribution in [0.4, 0.5) is 5.69 Å². The van der Waals surface area contributed by atoms with Crippen molar-refractivity contribution < 1.29 is 4.79 Å². The lowest BCUT2D eigenvalue weighted by atomic mass is 9.80. The van der Waals surface area contributed by atoms with Gasteiger partial charge in [-0.25, -0.2) is 0 Å². The molecule has 0 spiro atoms. The highest BCUT2D eigenvalue weighted by Crippen LogP contribution is 2.47. The molecule has 0 saturated carbocycles. The summed E-state index contributed by atoms with van der Waals surface area (Å²) in [5.41, 5.74) is 7.68. The standard InChI is InChI=1S/C22H18N2O/c1-13-4-6-14(7-5-13)20-16-8-9-17-15(3-2-12-23-17)22(16)24-18-10-11-19(25)21(18)20/h2-9,12,20,24H,10-11H2,1H3. The van der Waals surface area contributed by atoms with E-state index in [9.17, 15) is 4.79 Å². The summed E-state index contributed by atoms with van der Waals surface area (Å²) in [6, 6.07) is 16.8. The minimum absolute atomic E-state index is 0.00598. The normalized spacial score (nSPS) is 18.9. The zero-order chi connectivity index (χ0) is 17.0. The van der Waals surface area contributed by atoms with Gasteiger partial charge in [-0.15, -0.1) is 0 Å². The first-order valence-electron chi connectivity index (χ1n) is 8.70. The maximum atomic E-state index is 12.6. The molecule has 0 saturated heterocycles. The van der Waals surface area contributed by atoms with Gasteiger partial charge in [0.05, 0.1) is 11.2 Å². The second kappa shape index (κ2) is 5.28. The molecule has 1 aliphatic carbocycles.